The first-order chi connectivity index (χ1) is 14.5. The smallest absolute Gasteiger partial charge is 0.376 e. The molecule has 0 spiro atoms. The third kappa shape index (κ3) is 3.24. The van der Waals surface area contributed by atoms with Crippen molar-refractivity contribution in [2.75, 3.05) is 12.4 Å². The second kappa shape index (κ2) is 7.66. The van der Waals surface area contributed by atoms with E-state index in [4.69, 9.17) is 4.74 Å². The molecule has 1 aromatic carbocycles. The number of aromatic nitrogens is 4. The highest BCUT2D eigenvalue weighted by Crippen LogP contribution is 2.33. The maximum atomic E-state index is 12.8. The molecule has 3 heterocycles. The third-order valence-corrected chi connectivity index (χ3v) is 4.74. The van der Waals surface area contributed by atoms with Gasteiger partial charge >= 0.3 is 11.2 Å². The van der Waals surface area contributed by atoms with Gasteiger partial charge in [-0.3, -0.25) is 19.3 Å². The number of hydrogen-bond acceptors (Lipinski definition) is 7. The van der Waals surface area contributed by atoms with E-state index in [2.05, 4.69) is 15.3 Å². The number of anilines is 1. The summed E-state index contributed by atoms with van der Waals surface area (Å²) in [5.41, 5.74) is -0.438. The fourth-order valence-electron chi connectivity index (χ4n) is 3.32. The summed E-state index contributed by atoms with van der Waals surface area (Å²) < 4.78 is 8.40. The molecule has 0 amide bonds. The molecule has 152 valence electrons. The number of fused-ring (bicyclic) bond motifs is 1. The van der Waals surface area contributed by atoms with Crippen LogP contribution in [0.2, 0.25) is 0 Å². The summed E-state index contributed by atoms with van der Waals surface area (Å²) in [6, 6.07) is 11.5. The van der Waals surface area contributed by atoms with Crippen molar-refractivity contribution in [3.8, 4) is 5.75 Å². The monoisotopic (exact) mass is 406 g/mol. The predicted molar refractivity (Wildman–Crippen MR) is 110 cm³/mol. The van der Waals surface area contributed by atoms with Gasteiger partial charge in [0.1, 0.15) is 23.3 Å². The molecular formula is C20H18N6O4. The first kappa shape index (κ1) is 19.1. The van der Waals surface area contributed by atoms with Crippen LogP contribution in [0.5, 0.6) is 5.75 Å². The number of imidazole rings is 1. The van der Waals surface area contributed by atoms with Crippen LogP contribution in [0.15, 0.2) is 65.8 Å². The van der Waals surface area contributed by atoms with Crippen LogP contribution in [0, 0.1) is 10.1 Å². The summed E-state index contributed by atoms with van der Waals surface area (Å²) in [7, 11) is 3.35. The largest absolute Gasteiger partial charge is 0.496 e. The van der Waals surface area contributed by atoms with Crippen LogP contribution < -0.4 is 15.6 Å². The number of benzene rings is 1. The average molecular weight is 406 g/mol. The molecule has 0 bridgehead atoms. The quantitative estimate of drug-likeness (QED) is 0.386. The topological polar surface area (TPSA) is 117 Å². The Bertz CT molecular complexity index is 1300. The van der Waals surface area contributed by atoms with Crippen molar-refractivity contribution >= 4 is 17.2 Å². The number of hydrogen-bond donors (Lipinski definition) is 1. The van der Waals surface area contributed by atoms with Gasteiger partial charge in [-0.1, -0.05) is 24.3 Å². The lowest BCUT2D eigenvalue weighted by Crippen LogP contribution is -2.24. The van der Waals surface area contributed by atoms with Gasteiger partial charge in [0, 0.05) is 31.2 Å². The second-order valence-electron chi connectivity index (χ2n) is 6.52. The first-order valence-electron chi connectivity index (χ1n) is 9.03. The summed E-state index contributed by atoms with van der Waals surface area (Å²) in [4.78, 5) is 32.5. The Labute approximate surface area is 170 Å². The molecule has 0 fully saturated rings. The minimum atomic E-state index is -0.772. The Hall–Kier alpha value is -4.21. The highest BCUT2D eigenvalue weighted by atomic mass is 16.6. The molecule has 4 rings (SSSR count). The summed E-state index contributed by atoms with van der Waals surface area (Å²) in [6.07, 6.45) is 4.82. The normalized spacial score (nSPS) is 11.9. The van der Waals surface area contributed by atoms with E-state index in [9.17, 15) is 14.9 Å². The number of aryl methyl sites for hydroxylation is 1. The third-order valence-electron chi connectivity index (χ3n) is 4.74. The fraction of sp³-hybridized carbons (Fsp3) is 0.150. The number of rotatable bonds is 6. The van der Waals surface area contributed by atoms with E-state index in [1.165, 1.54) is 13.3 Å². The average Bonchev–Trinajstić information content (AvgIpc) is 3.17. The maximum absolute atomic E-state index is 12.8. The minimum Gasteiger partial charge on any atom is -0.496 e. The zero-order chi connectivity index (χ0) is 21.3. The van der Waals surface area contributed by atoms with Crippen LogP contribution in [0.4, 0.5) is 11.5 Å². The lowest BCUT2D eigenvalue weighted by Gasteiger charge is -2.21. The van der Waals surface area contributed by atoms with Crippen LogP contribution in [-0.4, -0.2) is 31.0 Å². The molecule has 0 saturated heterocycles. The van der Waals surface area contributed by atoms with Crippen molar-refractivity contribution in [1.29, 1.82) is 0 Å². The number of nitro groups is 1. The number of nitrogens with one attached hydrogen (secondary N) is 1. The second-order valence-corrected chi connectivity index (χ2v) is 6.52. The number of ether oxygens (including phenoxy) is 1. The van der Waals surface area contributed by atoms with Gasteiger partial charge in [0.15, 0.2) is 0 Å². The molecule has 1 atom stereocenters. The van der Waals surface area contributed by atoms with Gasteiger partial charge in [0.05, 0.1) is 12.0 Å². The van der Waals surface area contributed by atoms with Crippen molar-refractivity contribution in [2.45, 2.75) is 6.04 Å². The maximum Gasteiger partial charge on any atom is 0.376 e. The molecule has 1 N–H and O–H groups in total. The molecule has 0 radical (unpaired) electrons. The van der Waals surface area contributed by atoms with Crippen molar-refractivity contribution in [3.63, 3.8) is 0 Å². The molecule has 0 aliphatic heterocycles. The highest BCUT2D eigenvalue weighted by Gasteiger charge is 2.29. The fourth-order valence-corrected chi connectivity index (χ4v) is 3.32. The van der Waals surface area contributed by atoms with Gasteiger partial charge in [0.25, 0.3) is 0 Å². The van der Waals surface area contributed by atoms with E-state index in [-0.39, 0.29) is 11.5 Å². The number of nitrogens with zero attached hydrogens (tertiary/aromatic N) is 5. The van der Waals surface area contributed by atoms with Crippen LogP contribution >= 0.6 is 0 Å². The predicted octanol–water partition coefficient (Wildman–Crippen LogP) is 2.55. The molecule has 4 aromatic rings. The molecule has 0 saturated carbocycles. The minimum absolute atomic E-state index is 0.143. The molecule has 0 aliphatic rings. The summed E-state index contributed by atoms with van der Waals surface area (Å²) in [6.45, 7) is 0. The molecule has 30 heavy (non-hydrogen) atoms. The lowest BCUT2D eigenvalue weighted by atomic mass is 10.0. The van der Waals surface area contributed by atoms with E-state index in [0.29, 0.717) is 17.1 Å². The highest BCUT2D eigenvalue weighted by molar-refractivity contribution is 5.62. The first-order valence-corrected chi connectivity index (χ1v) is 9.03. The van der Waals surface area contributed by atoms with Crippen LogP contribution in [0.3, 0.4) is 0 Å². The summed E-state index contributed by atoms with van der Waals surface area (Å²) in [5.74, 6) is 0.997. The molecule has 10 nitrogen and oxygen atoms in total. The number of pyridine rings is 1. The van der Waals surface area contributed by atoms with Crippen molar-refractivity contribution in [3.05, 3.63) is 92.9 Å². The molecular weight excluding hydrogens is 388 g/mol. The van der Waals surface area contributed by atoms with E-state index < -0.39 is 22.2 Å². The van der Waals surface area contributed by atoms with Crippen LogP contribution in [0.25, 0.3) is 5.65 Å². The van der Waals surface area contributed by atoms with Gasteiger partial charge < -0.3 is 14.6 Å². The lowest BCUT2D eigenvalue weighted by molar-refractivity contribution is -0.385. The standard InChI is InChI=1S/C20H18N6O4/c1-24-12-10-21-19(24)16(13-7-3-4-8-14(13)30-2)23-18-17(26(28)29)20(27)25-11-6-5-9-15(25)22-18/h3-12,16,23H,1-2H3. The molecule has 3 aromatic heterocycles. The van der Waals surface area contributed by atoms with Gasteiger partial charge in [-0.25, -0.2) is 9.97 Å². The van der Waals surface area contributed by atoms with E-state index in [1.807, 2.05) is 25.2 Å². The van der Waals surface area contributed by atoms with Crippen molar-refractivity contribution in [2.24, 2.45) is 7.05 Å². The van der Waals surface area contributed by atoms with Crippen LogP contribution in [0.1, 0.15) is 17.4 Å². The Kier molecular flexibility index (Phi) is 4.88. The molecule has 0 aliphatic carbocycles. The van der Waals surface area contributed by atoms with Crippen LogP contribution in [-0.2, 0) is 7.05 Å². The summed E-state index contributed by atoms with van der Waals surface area (Å²) >= 11 is 0. The van der Waals surface area contributed by atoms with E-state index in [0.717, 1.165) is 4.40 Å². The van der Waals surface area contributed by atoms with Gasteiger partial charge in [-0.15, -0.1) is 0 Å². The number of methoxy groups -OCH3 is 1. The Morgan fingerprint density at radius 1 is 1.17 bits per heavy atom. The Balaban J connectivity index is 1.94. The number of para-hydroxylation sites is 1. The van der Waals surface area contributed by atoms with E-state index in [1.54, 1.807) is 41.2 Å². The Morgan fingerprint density at radius 3 is 2.63 bits per heavy atom. The van der Waals surface area contributed by atoms with Gasteiger partial charge in [-0.05, 0) is 18.2 Å². The zero-order valence-electron chi connectivity index (χ0n) is 16.2. The molecule has 1 unspecified atom stereocenters. The SMILES string of the molecule is COc1ccccc1C(Nc1nc2ccccn2c(=O)c1[N+](=O)[O-])c1nccn1C. The zero-order valence-corrected chi connectivity index (χ0v) is 16.2. The van der Waals surface area contributed by atoms with Gasteiger partial charge in [-0.2, -0.15) is 0 Å². The van der Waals surface area contributed by atoms with E-state index >= 15 is 0 Å². The van der Waals surface area contributed by atoms with Crippen molar-refractivity contribution < 1.29 is 9.66 Å². The summed E-state index contributed by atoms with van der Waals surface area (Å²) in [5, 5.41) is 14.8. The molecule has 10 heteroatoms. The Morgan fingerprint density at radius 2 is 1.93 bits per heavy atom. The van der Waals surface area contributed by atoms with Gasteiger partial charge in [0.2, 0.25) is 5.82 Å². The van der Waals surface area contributed by atoms with Crippen molar-refractivity contribution in [1.82, 2.24) is 18.9 Å².